The Morgan fingerprint density at radius 2 is 2.00 bits per heavy atom. The van der Waals surface area contributed by atoms with Crippen LogP contribution in [-0.4, -0.2) is 11.0 Å². The molecule has 0 atom stereocenters. The van der Waals surface area contributed by atoms with Crippen LogP contribution >= 0.6 is 0 Å². The Labute approximate surface area is 118 Å². The molecule has 1 aliphatic carbocycles. The van der Waals surface area contributed by atoms with Gasteiger partial charge in [-0.2, -0.15) is 0 Å². The highest BCUT2D eigenvalue weighted by Crippen LogP contribution is 2.29. The molecule has 106 valence electrons. The first-order valence-electron chi connectivity index (χ1n) is 7.86. The van der Waals surface area contributed by atoms with Crippen molar-refractivity contribution >= 4 is 0 Å². The molecule has 0 amide bonds. The fourth-order valence-corrected chi connectivity index (χ4v) is 3.18. The summed E-state index contributed by atoms with van der Waals surface area (Å²) in [7, 11) is 0. The van der Waals surface area contributed by atoms with Gasteiger partial charge in [0, 0.05) is 18.8 Å². The Hall–Kier alpha value is -0.890. The molecule has 1 saturated carbocycles. The van der Waals surface area contributed by atoms with Gasteiger partial charge in [0.25, 0.3) is 0 Å². The topological polar surface area (TPSA) is 24.9 Å². The van der Waals surface area contributed by atoms with Crippen LogP contribution in [0.2, 0.25) is 0 Å². The standard InChI is InChI=1S/C17H28N2/c1-4-14-6-5-11-18-17(14)12-19-16-9-7-15(8-10-16)13(2)3/h5-6,11,13,15-16,19H,4,7-10,12H2,1-3H3. The second-order valence-corrected chi connectivity index (χ2v) is 6.20. The van der Waals surface area contributed by atoms with Gasteiger partial charge in [-0.3, -0.25) is 4.98 Å². The minimum absolute atomic E-state index is 0.696. The van der Waals surface area contributed by atoms with Crippen molar-refractivity contribution in [1.82, 2.24) is 10.3 Å². The summed E-state index contributed by atoms with van der Waals surface area (Å²) in [5.41, 5.74) is 2.61. The first-order valence-corrected chi connectivity index (χ1v) is 7.86. The van der Waals surface area contributed by atoms with Crippen LogP contribution in [0.3, 0.4) is 0 Å². The Kier molecular flexibility index (Phi) is 5.38. The monoisotopic (exact) mass is 260 g/mol. The van der Waals surface area contributed by atoms with E-state index >= 15 is 0 Å². The zero-order chi connectivity index (χ0) is 13.7. The third-order valence-corrected chi connectivity index (χ3v) is 4.64. The molecule has 0 saturated heterocycles. The molecule has 19 heavy (non-hydrogen) atoms. The largest absolute Gasteiger partial charge is 0.308 e. The Morgan fingerprint density at radius 3 is 2.63 bits per heavy atom. The van der Waals surface area contributed by atoms with E-state index in [9.17, 15) is 0 Å². The van der Waals surface area contributed by atoms with Gasteiger partial charge in [-0.1, -0.05) is 26.8 Å². The third-order valence-electron chi connectivity index (χ3n) is 4.64. The van der Waals surface area contributed by atoms with Gasteiger partial charge < -0.3 is 5.32 Å². The normalized spacial score (nSPS) is 23.8. The Balaban J connectivity index is 1.80. The molecular weight excluding hydrogens is 232 g/mol. The summed E-state index contributed by atoms with van der Waals surface area (Å²) < 4.78 is 0. The van der Waals surface area contributed by atoms with E-state index in [0.717, 1.165) is 24.8 Å². The number of pyridine rings is 1. The molecule has 2 rings (SSSR count). The summed E-state index contributed by atoms with van der Waals surface area (Å²) in [5.74, 6) is 1.79. The lowest BCUT2D eigenvalue weighted by molar-refractivity contribution is 0.237. The van der Waals surface area contributed by atoms with Gasteiger partial charge in [-0.15, -0.1) is 0 Å². The van der Waals surface area contributed by atoms with E-state index in [1.807, 2.05) is 12.3 Å². The number of nitrogens with zero attached hydrogens (tertiary/aromatic N) is 1. The van der Waals surface area contributed by atoms with Gasteiger partial charge in [0.1, 0.15) is 0 Å². The summed E-state index contributed by atoms with van der Waals surface area (Å²) >= 11 is 0. The number of aryl methyl sites for hydroxylation is 1. The number of hydrogen-bond donors (Lipinski definition) is 1. The maximum atomic E-state index is 4.51. The van der Waals surface area contributed by atoms with E-state index in [4.69, 9.17) is 0 Å². The van der Waals surface area contributed by atoms with E-state index in [2.05, 4.69) is 37.1 Å². The van der Waals surface area contributed by atoms with Crippen LogP contribution in [0.25, 0.3) is 0 Å². The zero-order valence-corrected chi connectivity index (χ0v) is 12.7. The molecule has 0 bridgehead atoms. The first-order chi connectivity index (χ1) is 9.20. The number of rotatable bonds is 5. The highest BCUT2D eigenvalue weighted by molar-refractivity contribution is 5.19. The summed E-state index contributed by atoms with van der Waals surface area (Å²) in [6, 6.07) is 4.93. The summed E-state index contributed by atoms with van der Waals surface area (Å²) in [4.78, 5) is 4.51. The quantitative estimate of drug-likeness (QED) is 0.867. The van der Waals surface area contributed by atoms with Crippen LogP contribution in [0.5, 0.6) is 0 Å². The Bertz CT molecular complexity index is 379. The smallest absolute Gasteiger partial charge is 0.0573 e. The highest BCUT2D eigenvalue weighted by atomic mass is 14.9. The van der Waals surface area contributed by atoms with E-state index in [0.29, 0.717) is 6.04 Å². The SMILES string of the molecule is CCc1cccnc1CNC1CCC(C(C)C)CC1. The highest BCUT2D eigenvalue weighted by Gasteiger charge is 2.22. The Morgan fingerprint density at radius 1 is 1.26 bits per heavy atom. The van der Waals surface area contributed by atoms with Crippen molar-refractivity contribution in [2.45, 2.75) is 65.5 Å². The molecule has 2 nitrogen and oxygen atoms in total. The molecule has 1 aliphatic rings. The third kappa shape index (κ3) is 4.04. The number of hydrogen-bond acceptors (Lipinski definition) is 2. The van der Waals surface area contributed by atoms with E-state index < -0.39 is 0 Å². The van der Waals surface area contributed by atoms with Crippen molar-refractivity contribution in [3.05, 3.63) is 29.6 Å². The molecule has 0 aromatic carbocycles. The first kappa shape index (κ1) is 14.5. The second kappa shape index (κ2) is 7.04. The molecule has 0 aliphatic heterocycles. The van der Waals surface area contributed by atoms with E-state index in [-0.39, 0.29) is 0 Å². The molecule has 1 heterocycles. The van der Waals surface area contributed by atoms with Gasteiger partial charge in [0.2, 0.25) is 0 Å². The van der Waals surface area contributed by atoms with Crippen molar-refractivity contribution in [3.8, 4) is 0 Å². The fraction of sp³-hybridized carbons (Fsp3) is 0.706. The average Bonchev–Trinajstić information content (AvgIpc) is 2.45. The lowest BCUT2D eigenvalue weighted by Crippen LogP contribution is -2.34. The van der Waals surface area contributed by atoms with Crippen LogP contribution in [0.15, 0.2) is 18.3 Å². The maximum absolute atomic E-state index is 4.51. The van der Waals surface area contributed by atoms with Gasteiger partial charge in [-0.05, 0) is 55.6 Å². The van der Waals surface area contributed by atoms with E-state index in [1.165, 1.54) is 36.9 Å². The summed E-state index contributed by atoms with van der Waals surface area (Å²) in [5, 5.41) is 3.71. The molecule has 0 radical (unpaired) electrons. The van der Waals surface area contributed by atoms with Crippen molar-refractivity contribution in [3.63, 3.8) is 0 Å². The van der Waals surface area contributed by atoms with Gasteiger partial charge in [-0.25, -0.2) is 0 Å². The molecule has 1 aromatic rings. The minimum Gasteiger partial charge on any atom is -0.308 e. The summed E-state index contributed by atoms with van der Waals surface area (Å²) in [6.45, 7) is 7.86. The molecule has 1 aromatic heterocycles. The average molecular weight is 260 g/mol. The molecular formula is C17H28N2. The molecule has 1 N–H and O–H groups in total. The van der Waals surface area contributed by atoms with Crippen LogP contribution in [-0.2, 0) is 13.0 Å². The van der Waals surface area contributed by atoms with Crippen molar-refractivity contribution in [2.24, 2.45) is 11.8 Å². The van der Waals surface area contributed by atoms with Crippen molar-refractivity contribution in [2.75, 3.05) is 0 Å². The lowest BCUT2D eigenvalue weighted by Gasteiger charge is -2.31. The zero-order valence-electron chi connectivity index (χ0n) is 12.7. The van der Waals surface area contributed by atoms with Crippen LogP contribution < -0.4 is 5.32 Å². The summed E-state index contributed by atoms with van der Waals surface area (Å²) in [6.07, 6.45) is 8.42. The molecule has 1 fully saturated rings. The predicted molar refractivity (Wildman–Crippen MR) is 81.0 cm³/mol. The van der Waals surface area contributed by atoms with Gasteiger partial charge >= 0.3 is 0 Å². The second-order valence-electron chi connectivity index (χ2n) is 6.20. The lowest BCUT2D eigenvalue weighted by atomic mass is 9.80. The van der Waals surface area contributed by atoms with Crippen LogP contribution in [0.4, 0.5) is 0 Å². The van der Waals surface area contributed by atoms with Crippen molar-refractivity contribution < 1.29 is 0 Å². The van der Waals surface area contributed by atoms with Crippen LogP contribution in [0, 0.1) is 11.8 Å². The van der Waals surface area contributed by atoms with Gasteiger partial charge in [0.15, 0.2) is 0 Å². The predicted octanol–water partition coefficient (Wildman–Crippen LogP) is 3.95. The van der Waals surface area contributed by atoms with E-state index in [1.54, 1.807) is 0 Å². The molecule has 0 spiro atoms. The fourth-order valence-electron chi connectivity index (χ4n) is 3.18. The van der Waals surface area contributed by atoms with Crippen LogP contribution in [0.1, 0.15) is 57.7 Å². The van der Waals surface area contributed by atoms with Crippen molar-refractivity contribution in [1.29, 1.82) is 0 Å². The minimum atomic E-state index is 0.696. The maximum Gasteiger partial charge on any atom is 0.0573 e. The number of nitrogens with one attached hydrogen (secondary N) is 1. The molecule has 2 heteroatoms. The number of aromatic nitrogens is 1. The van der Waals surface area contributed by atoms with Gasteiger partial charge in [0.05, 0.1) is 5.69 Å². The molecule has 0 unspecified atom stereocenters.